The maximum absolute atomic E-state index is 4.76. The predicted octanol–water partition coefficient (Wildman–Crippen LogP) is 4.03. The van der Waals surface area contributed by atoms with Crippen LogP contribution in [0, 0.1) is 0 Å². The minimum Gasteiger partial charge on any atom is -0.221 e. The second-order valence-corrected chi connectivity index (χ2v) is 8.82. The SMILES string of the molecule is CC(C)(C)c1ccn2nc(-c3cc(C(C)(C)C)c4ncnn4c3)nc2c1. The molecule has 26 heavy (non-hydrogen) atoms. The normalized spacial score (nSPS) is 13.0. The zero-order valence-corrected chi connectivity index (χ0v) is 16.1. The Balaban J connectivity index is 1.90. The molecule has 4 aromatic heterocycles. The van der Waals surface area contributed by atoms with E-state index in [0.29, 0.717) is 5.82 Å². The number of rotatable bonds is 1. The van der Waals surface area contributed by atoms with E-state index in [1.165, 1.54) is 5.56 Å². The molecule has 0 atom stereocenters. The quantitative estimate of drug-likeness (QED) is 0.521. The molecule has 0 aliphatic rings. The Labute approximate surface area is 152 Å². The molecule has 0 amide bonds. The molecule has 134 valence electrons. The van der Waals surface area contributed by atoms with E-state index in [0.717, 1.165) is 22.4 Å². The Hall–Kier alpha value is -2.76. The summed E-state index contributed by atoms with van der Waals surface area (Å²) in [5, 5.41) is 8.99. The van der Waals surface area contributed by atoms with Crippen molar-refractivity contribution < 1.29 is 0 Å². The second kappa shape index (κ2) is 5.37. The molecule has 0 aliphatic heterocycles. The Kier molecular flexibility index (Phi) is 3.45. The van der Waals surface area contributed by atoms with Crippen molar-refractivity contribution in [2.45, 2.75) is 52.4 Å². The van der Waals surface area contributed by atoms with Crippen molar-refractivity contribution in [3.05, 3.63) is 48.0 Å². The molecule has 0 aliphatic carbocycles. The van der Waals surface area contributed by atoms with Crippen molar-refractivity contribution in [2.24, 2.45) is 0 Å². The van der Waals surface area contributed by atoms with Crippen molar-refractivity contribution in [3.8, 4) is 11.4 Å². The summed E-state index contributed by atoms with van der Waals surface area (Å²) in [5.74, 6) is 0.693. The number of hydrogen-bond acceptors (Lipinski definition) is 4. The molecule has 0 bridgehead atoms. The Bertz CT molecular complexity index is 1100. The first-order valence-electron chi connectivity index (χ1n) is 8.84. The highest BCUT2D eigenvalue weighted by atomic mass is 15.3. The third-order valence-electron chi connectivity index (χ3n) is 4.64. The van der Waals surface area contributed by atoms with Gasteiger partial charge >= 0.3 is 0 Å². The lowest BCUT2D eigenvalue weighted by Gasteiger charge is -2.19. The zero-order valence-electron chi connectivity index (χ0n) is 16.1. The molecule has 4 heterocycles. The first-order chi connectivity index (χ1) is 12.1. The van der Waals surface area contributed by atoms with Crippen molar-refractivity contribution in [3.63, 3.8) is 0 Å². The van der Waals surface area contributed by atoms with Crippen LogP contribution in [0.25, 0.3) is 22.7 Å². The van der Waals surface area contributed by atoms with Crippen molar-refractivity contribution in [1.29, 1.82) is 0 Å². The topological polar surface area (TPSA) is 60.4 Å². The van der Waals surface area contributed by atoms with Crippen LogP contribution in [0.3, 0.4) is 0 Å². The maximum Gasteiger partial charge on any atom is 0.183 e. The van der Waals surface area contributed by atoms with Gasteiger partial charge in [-0.3, -0.25) is 0 Å². The van der Waals surface area contributed by atoms with Gasteiger partial charge in [0.05, 0.1) is 0 Å². The molecule has 0 unspecified atom stereocenters. The molecule has 6 heteroatoms. The number of aromatic nitrogens is 6. The van der Waals surface area contributed by atoms with Gasteiger partial charge in [-0.25, -0.2) is 19.0 Å². The van der Waals surface area contributed by atoms with Crippen LogP contribution < -0.4 is 0 Å². The third kappa shape index (κ3) is 2.75. The lowest BCUT2D eigenvalue weighted by Crippen LogP contribution is -2.13. The molecule has 0 fully saturated rings. The molecule has 0 saturated heterocycles. The highest BCUT2D eigenvalue weighted by Crippen LogP contribution is 2.30. The first kappa shape index (κ1) is 16.7. The molecule has 0 saturated carbocycles. The summed E-state index contributed by atoms with van der Waals surface area (Å²) in [6.07, 6.45) is 5.50. The van der Waals surface area contributed by atoms with E-state index in [-0.39, 0.29) is 10.8 Å². The fourth-order valence-corrected chi connectivity index (χ4v) is 3.07. The van der Waals surface area contributed by atoms with E-state index in [2.05, 4.69) is 74.9 Å². The molecule has 0 aromatic carbocycles. The van der Waals surface area contributed by atoms with Crippen LogP contribution in [0.1, 0.15) is 52.7 Å². The molecular weight excluding hydrogens is 324 g/mol. The van der Waals surface area contributed by atoms with Gasteiger partial charge in [0.25, 0.3) is 0 Å². The summed E-state index contributed by atoms with van der Waals surface area (Å²) in [4.78, 5) is 9.17. The number of hydrogen-bond donors (Lipinski definition) is 0. The average Bonchev–Trinajstić information content (AvgIpc) is 3.17. The zero-order chi connectivity index (χ0) is 18.7. The van der Waals surface area contributed by atoms with Gasteiger partial charge in [-0.2, -0.15) is 5.10 Å². The number of nitrogens with zero attached hydrogens (tertiary/aromatic N) is 6. The summed E-state index contributed by atoms with van der Waals surface area (Å²) in [7, 11) is 0. The smallest absolute Gasteiger partial charge is 0.183 e. The maximum atomic E-state index is 4.76. The summed E-state index contributed by atoms with van der Waals surface area (Å²) in [6.45, 7) is 13.1. The fraction of sp³-hybridized carbons (Fsp3) is 0.400. The third-order valence-corrected chi connectivity index (χ3v) is 4.64. The summed E-state index contributed by atoms with van der Waals surface area (Å²) < 4.78 is 3.63. The van der Waals surface area contributed by atoms with Gasteiger partial charge in [-0.15, -0.1) is 5.10 Å². The van der Waals surface area contributed by atoms with Gasteiger partial charge < -0.3 is 0 Å². The molecule has 0 N–H and O–H groups in total. The van der Waals surface area contributed by atoms with Gasteiger partial charge in [0, 0.05) is 23.5 Å². The predicted molar refractivity (Wildman–Crippen MR) is 102 cm³/mol. The van der Waals surface area contributed by atoms with Crippen LogP contribution in [0.4, 0.5) is 0 Å². The van der Waals surface area contributed by atoms with Gasteiger partial charge in [-0.05, 0) is 34.6 Å². The number of fused-ring (bicyclic) bond motifs is 2. The van der Waals surface area contributed by atoms with E-state index in [9.17, 15) is 0 Å². The van der Waals surface area contributed by atoms with Crippen LogP contribution in [0.5, 0.6) is 0 Å². The summed E-state index contributed by atoms with van der Waals surface area (Å²) in [5.41, 5.74) is 5.06. The van der Waals surface area contributed by atoms with Crippen molar-refractivity contribution in [1.82, 2.24) is 29.2 Å². The minimum atomic E-state index is -0.0527. The van der Waals surface area contributed by atoms with E-state index in [4.69, 9.17) is 4.98 Å². The van der Waals surface area contributed by atoms with E-state index >= 15 is 0 Å². The van der Waals surface area contributed by atoms with Gasteiger partial charge in [-0.1, -0.05) is 41.5 Å². The standard InChI is InChI=1S/C20H24N6/c1-19(2,3)14-7-8-25-16(10-14)23-17(24-25)13-9-15(20(4,5)6)18-21-12-22-26(18)11-13/h7-12H,1-6H3. The lowest BCUT2D eigenvalue weighted by molar-refractivity contribution is 0.589. The van der Waals surface area contributed by atoms with E-state index in [1.807, 2.05) is 21.4 Å². The molecule has 0 radical (unpaired) electrons. The molecule has 4 rings (SSSR count). The Morgan fingerprint density at radius 1 is 0.923 bits per heavy atom. The first-order valence-corrected chi connectivity index (χ1v) is 8.84. The monoisotopic (exact) mass is 348 g/mol. The molecular formula is C20H24N6. The largest absolute Gasteiger partial charge is 0.221 e. The van der Waals surface area contributed by atoms with Crippen LogP contribution >= 0.6 is 0 Å². The van der Waals surface area contributed by atoms with Gasteiger partial charge in [0.15, 0.2) is 17.1 Å². The van der Waals surface area contributed by atoms with E-state index in [1.54, 1.807) is 6.33 Å². The Morgan fingerprint density at radius 2 is 1.69 bits per heavy atom. The van der Waals surface area contributed by atoms with E-state index < -0.39 is 0 Å². The van der Waals surface area contributed by atoms with Crippen molar-refractivity contribution in [2.75, 3.05) is 0 Å². The van der Waals surface area contributed by atoms with Crippen LogP contribution in [-0.2, 0) is 10.8 Å². The van der Waals surface area contributed by atoms with Crippen LogP contribution in [0.15, 0.2) is 36.9 Å². The van der Waals surface area contributed by atoms with Crippen LogP contribution in [-0.4, -0.2) is 29.2 Å². The van der Waals surface area contributed by atoms with Gasteiger partial charge in [0.1, 0.15) is 6.33 Å². The second-order valence-electron chi connectivity index (χ2n) is 8.82. The van der Waals surface area contributed by atoms with Crippen molar-refractivity contribution >= 4 is 11.3 Å². The average molecular weight is 348 g/mol. The molecule has 0 spiro atoms. The minimum absolute atomic E-state index is 0.0527. The summed E-state index contributed by atoms with van der Waals surface area (Å²) in [6, 6.07) is 6.34. The Morgan fingerprint density at radius 3 is 2.38 bits per heavy atom. The van der Waals surface area contributed by atoms with Gasteiger partial charge in [0.2, 0.25) is 0 Å². The fourth-order valence-electron chi connectivity index (χ4n) is 3.07. The lowest BCUT2D eigenvalue weighted by atomic mass is 9.87. The number of pyridine rings is 2. The van der Waals surface area contributed by atoms with Crippen LogP contribution in [0.2, 0.25) is 0 Å². The molecule has 6 nitrogen and oxygen atoms in total. The highest BCUT2D eigenvalue weighted by Gasteiger charge is 2.21. The molecule has 4 aromatic rings. The summed E-state index contributed by atoms with van der Waals surface area (Å²) >= 11 is 0. The highest BCUT2D eigenvalue weighted by molar-refractivity contribution is 5.64.